The number of H-pyrrole nitrogens is 1. The highest BCUT2D eigenvalue weighted by molar-refractivity contribution is 6.22. The van der Waals surface area contributed by atoms with Gasteiger partial charge in [0.1, 0.15) is 0 Å². The van der Waals surface area contributed by atoms with E-state index in [1.165, 1.54) is 0 Å². The van der Waals surface area contributed by atoms with E-state index in [4.69, 9.17) is 9.73 Å². The van der Waals surface area contributed by atoms with Gasteiger partial charge in [0.05, 0.1) is 35.7 Å². The van der Waals surface area contributed by atoms with Gasteiger partial charge in [0.15, 0.2) is 5.88 Å². The smallest absolute Gasteiger partial charge is 0.338 e. The van der Waals surface area contributed by atoms with Gasteiger partial charge < -0.3 is 24.6 Å². The molecule has 0 bridgehead atoms. The number of aliphatic imine (C=N–C) groups is 1. The van der Waals surface area contributed by atoms with Crippen molar-refractivity contribution in [1.82, 2.24) is 14.8 Å². The van der Waals surface area contributed by atoms with Gasteiger partial charge in [0, 0.05) is 55.4 Å². The molecule has 1 fully saturated rings. The standard InChI is InChI=1S/C32H35N5O4/c1-4-41-32(40)23-10-15-26-27(20-23)34-31(39)29(26)30(22-8-6-5-7-9-22)33-24-11-13-25(14-12-24)36(3)28(38)21-37-18-16-35(2)17-19-37/h5-15,20,34,39H,4,16-19,21H2,1-3H3. The minimum atomic E-state index is -0.422. The lowest BCUT2D eigenvalue weighted by Gasteiger charge is -2.32. The molecule has 0 radical (unpaired) electrons. The van der Waals surface area contributed by atoms with Crippen molar-refractivity contribution < 1.29 is 19.4 Å². The molecule has 0 atom stereocenters. The van der Waals surface area contributed by atoms with Crippen LogP contribution in [0.3, 0.4) is 0 Å². The molecule has 1 aliphatic rings. The van der Waals surface area contributed by atoms with Gasteiger partial charge in [-0.1, -0.05) is 36.4 Å². The second-order valence-corrected chi connectivity index (χ2v) is 10.2. The Hall–Kier alpha value is -4.47. The average Bonchev–Trinajstić information content (AvgIpc) is 3.32. The van der Waals surface area contributed by atoms with Crippen LogP contribution in [0.4, 0.5) is 11.4 Å². The number of amides is 1. The van der Waals surface area contributed by atoms with E-state index < -0.39 is 5.97 Å². The molecule has 0 unspecified atom stereocenters. The Balaban J connectivity index is 1.44. The number of carbonyl (C=O) groups excluding carboxylic acids is 2. The quantitative estimate of drug-likeness (QED) is 0.247. The van der Waals surface area contributed by atoms with Crippen molar-refractivity contribution in [2.24, 2.45) is 4.99 Å². The van der Waals surface area contributed by atoms with E-state index in [9.17, 15) is 14.7 Å². The fourth-order valence-electron chi connectivity index (χ4n) is 4.95. The van der Waals surface area contributed by atoms with E-state index >= 15 is 0 Å². The van der Waals surface area contributed by atoms with Crippen molar-refractivity contribution in [3.05, 3.63) is 89.5 Å². The number of carbonyl (C=O) groups is 2. The average molecular weight is 554 g/mol. The molecule has 5 rings (SSSR count). The van der Waals surface area contributed by atoms with Gasteiger partial charge in [-0.3, -0.25) is 9.69 Å². The molecule has 2 heterocycles. The van der Waals surface area contributed by atoms with Crippen molar-refractivity contribution in [2.45, 2.75) is 6.92 Å². The van der Waals surface area contributed by atoms with E-state index in [0.29, 0.717) is 34.6 Å². The van der Waals surface area contributed by atoms with Gasteiger partial charge in [-0.15, -0.1) is 0 Å². The summed E-state index contributed by atoms with van der Waals surface area (Å²) in [7, 11) is 3.89. The Kier molecular flexibility index (Phi) is 8.47. The third-order valence-corrected chi connectivity index (χ3v) is 7.38. The van der Waals surface area contributed by atoms with Crippen molar-refractivity contribution >= 4 is 39.9 Å². The Bertz CT molecular complexity index is 1550. The van der Waals surface area contributed by atoms with Crippen molar-refractivity contribution in [2.75, 3.05) is 58.3 Å². The highest BCUT2D eigenvalue weighted by atomic mass is 16.5. The number of nitrogens with one attached hydrogen (secondary N) is 1. The number of fused-ring (bicyclic) bond motifs is 1. The summed E-state index contributed by atoms with van der Waals surface area (Å²) in [6.07, 6.45) is 0. The predicted octanol–water partition coefficient (Wildman–Crippen LogP) is 4.43. The summed E-state index contributed by atoms with van der Waals surface area (Å²) >= 11 is 0. The first-order chi connectivity index (χ1) is 19.8. The number of hydrogen-bond acceptors (Lipinski definition) is 7. The fraction of sp³-hybridized carbons (Fsp3) is 0.281. The van der Waals surface area contributed by atoms with E-state index in [2.05, 4.69) is 21.8 Å². The van der Waals surface area contributed by atoms with Gasteiger partial charge in [-0.25, -0.2) is 9.79 Å². The number of nitrogens with zero attached hydrogens (tertiary/aromatic N) is 4. The van der Waals surface area contributed by atoms with Crippen molar-refractivity contribution in [3.63, 3.8) is 0 Å². The lowest BCUT2D eigenvalue weighted by molar-refractivity contribution is -0.119. The zero-order valence-corrected chi connectivity index (χ0v) is 23.6. The van der Waals surface area contributed by atoms with Crippen LogP contribution in [-0.2, 0) is 9.53 Å². The Labute approximate surface area is 239 Å². The van der Waals surface area contributed by atoms with Crippen LogP contribution < -0.4 is 4.90 Å². The second kappa shape index (κ2) is 12.4. The maximum atomic E-state index is 12.9. The Morgan fingerprint density at radius 2 is 1.68 bits per heavy atom. The molecule has 1 saturated heterocycles. The van der Waals surface area contributed by atoms with Gasteiger partial charge in [0.25, 0.3) is 0 Å². The minimum Gasteiger partial charge on any atom is -0.494 e. The zero-order valence-electron chi connectivity index (χ0n) is 23.6. The molecular formula is C32H35N5O4. The number of piperazine rings is 1. The number of esters is 1. The Morgan fingerprint density at radius 3 is 2.37 bits per heavy atom. The maximum absolute atomic E-state index is 12.9. The monoisotopic (exact) mass is 553 g/mol. The molecule has 9 nitrogen and oxygen atoms in total. The van der Waals surface area contributed by atoms with E-state index in [1.807, 2.05) is 54.6 Å². The summed E-state index contributed by atoms with van der Waals surface area (Å²) in [6, 6.07) is 22.2. The van der Waals surface area contributed by atoms with Gasteiger partial charge >= 0.3 is 5.97 Å². The van der Waals surface area contributed by atoms with Crippen LogP contribution in [0, 0.1) is 0 Å². The molecule has 212 valence electrons. The molecule has 0 saturated carbocycles. The van der Waals surface area contributed by atoms with Gasteiger partial charge in [-0.05, 0) is 50.4 Å². The van der Waals surface area contributed by atoms with Crippen LogP contribution in [0.1, 0.15) is 28.4 Å². The summed E-state index contributed by atoms with van der Waals surface area (Å²) in [6.45, 7) is 6.13. The normalized spacial score (nSPS) is 14.8. The van der Waals surface area contributed by atoms with E-state index in [0.717, 1.165) is 42.8 Å². The number of benzene rings is 3. The van der Waals surface area contributed by atoms with E-state index in [-0.39, 0.29) is 18.4 Å². The molecule has 1 aromatic heterocycles. The van der Waals surface area contributed by atoms with Crippen LogP contribution in [0.2, 0.25) is 0 Å². The molecule has 0 aliphatic carbocycles. The highest BCUT2D eigenvalue weighted by Gasteiger charge is 2.21. The SMILES string of the molecule is CCOC(=O)c1ccc2c(C(=Nc3ccc(N(C)C(=O)CN4CCN(C)CC4)cc3)c3ccccc3)c(O)[nH]c2c1. The number of likely N-dealkylation sites (N-methyl/N-ethyl adjacent to an activating group) is 2. The molecule has 0 spiro atoms. The molecule has 9 heteroatoms. The minimum absolute atomic E-state index is 0.0432. The summed E-state index contributed by atoms with van der Waals surface area (Å²) in [4.78, 5) is 39.3. The highest BCUT2D eigenvalue weighted by Crippen LogP contribution is 2.32. The molecule has 1 amide bonds. The summed E-state index contributed by atoms with van der Waals surface area (Å²) in [5, 5.41) is 11.7. The summed E-state index contributed by atoms with van der Waals surface area (Å²) in [5.74, 6) is -0.426. The van der Waals surface area contributed by atoms with Gasteiger partial charge in [0.2, 0.25) is 5.91 Å². The van der Waals surface area contributed by atoms with Crippen molar-refractivity contribution in [3.8, 4) is 5.88 Å². The number of anilines is 1. The van der Waals surface area contributed by atoms with Crippen LogP contribution in [0.15, 0.2) is 77.8 Å². The third-order valence-electron chi connectivity index (χ3n) is 7.38. The molecule has 41 heavy (non-hydrogen) atoms. The first-order valence-corrected chi connectivity index (χ1v) is 13.8. The molecular weight excluding hydrogens is 518 g/mol. The Morgan fingerprint density at radius 1 is 0.976 bits per heavy atom. The van der Waals surface area contributed by atoms with Crippen LogP contribution in [-0.4, -0.2) is 90.9 Å². The number of hydrogen-bond donors (Lipinski definition) is 2. The first kappa shape index (κ1) is 28.1. The number of aromatic nitrogens is 1. The van der Waals surface area contributed by atoms with Crippen LogP contribution >= 0.6 is 0 Å². The second-order valence-electron chi connectivity index (χ2n) is 10.2. The molecule has 2 N–H and O–H groups in total. The maximum Gasteiger partial charge on any atom is 0.338 e. The summed E-state index contributed by atoms with van der Waals surface area (Å²) in [5.41, 5.74) is 4.38. The van der Waals surface area contributed by atoms with Crippen LogP contribution in [0.5, 0.6) is 5.88 Å². The topological polar surface area (TPSA) is 101 Å². The fourth-order valence-corrected chi connectivity index (χ4v) is 4.95. The van der Waals surface area contributed by atoms with E-state index in [1.54, 1.807) is 37.1 Å². The zero-order chi connectivity index (χ0) is 28.9. The number of rotatable bonds is 8. The molecule has 4 aromatic rings. The lowest BCUT2D eigenvalue weighted by Crippen LogP contribution is -2.48. The largest absolute Gasteiger partial charge is 0.494 e. The van der Waals surface area contributed by atoms with Crippen LogP contribution in [0.25, 0.3) is 10.9 Å². The molecule has 1 aliphatic heterocycles. The first-order valence-electron chi connectivity index (χ1n) is 13.8. The lowest BCUT2D eigenvalue weighted by atomic mass is 10.00. The van der Waals surface area contributed by atoms with Crippen molar-refractivity contribution in [1.29, 1.82) is 0 Å². The van der Waals surface area contributed by atoms with Gasteiger partial charge in [-0.2, -0.15) is 0 Å². The summed E-state index contributed by atoms with van der Waals surface area (Å²) < 4.78 is 5.12. The number of aromatic amines is 1. The predicted molar refractivity (Wildman–Crippen MR) is 161 cm³/mol. The number of ether oxygens (including phenoxy) is 1. The number of aromatic hydroxyl groups is 1. The third kappa shape index (κ3) is 6.32. The molecule has 3 aromatic carbocycles.